The fourth-order valence-electron chi connectivity index (χ4n) is 3.45. The predicted molar refractivity (Wildman–Crippen MR) is 113 cm³/mol. The second-order valence-corrected chi connectivity index (χ2v) is 7.84. The quantitative estimate of drug-likeness (QED) is 0.385. The Hall–Kier alpha value is -2.65. The fraction of sp³-hybridized carbons (Fsp3) is 0.200. The summed E-state index contributed by atoms with van der Waals surface area (Å²) in [6, 6.07) is 20.8. The molecule has 1 atom stereocenters. The molecule has 4 rings (SSSR count). The standard InChI is InChI=1S/C25H21ClF2O/c26-20-8-6-19(7-9-20)25(18-4-5-18)16-22(28)14-17-2-1-3-24(15-17)29-23-12-10-21(27)11-13-23/h1-3,6-13,15-16,18,25H,4-5,14H2/b22-16-. The van der Waals surface area contributed by atoms with Gasteiger partial charge in [-0.2, -0.15) is 0 Å². The molecule has 0 bridgehead atoms. The third-order valence-corrected chi connectivity index (χ3v) is 5.32. The molecule has 29 heavy (non-hydrogen) atoms. The minimum Gasteiger partial charge on any atom is -0.457 e. The summed E-state index contributed by atoms with van der Waals surface area (Å²) in [6.45, 7) is 0. The van der Waals surface area contributed by atoms with Gasteiger partial charge in [0.2, 0.25) is 0 Å². The van der Waals surface area contributed by atoms with Crippen LogP contribution in [0.4, 0.5) is 8.78 Å². The van der Waals surface area contributed by atoms with Crippen molar-refractivity contribution in [1.82, 2.24) is 0 Å². The largest absolute Gasteiger partial charge is 0.457 e. The van der Waals surface area contributed by atoms with E-state index in [0.717, 1.165) is 24.0 Å². The molecule has 1 saturated carbocycles. The molecule has 1 unspecified atom stereocenters. The Morgan fingerprint density at radius 1 is 1.00 bits per heavy atom. The summed E-state index contributed by atoms with van der Waals surface area (Å²) in [7, 11) is 0. The molecule has 0 amide bonds. The molecule has 0 radical (unpaired) electrons. The summed E-state index contributed by atoms with van der Waals surface area (Å²) in [5.41, 5.74) is 1.92. The maximum absolute atomic E-state index is 14.8. The Balaban J connectivity index is 1.47. The van der Waals surface area contributed by atoms with Crippen LogP contribution in [0, 0.1) is 11.7 Å². The zero-order valence-corrected chi connectivity index (χ0v) is 16.6. The maximum atomic E-state index is 14.8. The first kappa shape index (κ1) is 19.7. The van der Waals surface area contributed by atoms with Gasteiger partial charge in [-0.3, -0.25) is 0 Å². The third-order valence-electron chi connectivity index (χ3n) is 5.07. The number of allylic oxidation sites excluding steroid dienone is 2. The van der Waals surface area contributed by atoms with E-state index in [9.17, 15) is 8.78 Å². The molecular weight excluding hydrogens is 390 g/mol. The van der Waals surface area contributed by atoms with Gasteiger partial charge in [-0.05, 0) is 84.5 Å². The first-order valence-electron chi connectivity index (χ1n) is 9.71. The number of rotatable bonds is 7. The summed E-state index contributed by atoms with van der Waals surface area (Å²) >= 11 is 5.99. The van der Waals surface area contributed by atoms with Crippen molar-refractivity contribution in [2.45, 2.75) is 25.2 Å². The lowest BCUT2D eigenvalue weighted by molar-refractivity contribution is 0.479. The minimum absolute atomic E-state index is 0.0749. The minimum atomic E-state index is -0.316. The highest BCUT2D eigenvalue weighted by atomic mass is 35.5. The van der Waals surface area contributed by atoms with E-state index >= 15 is 0 Å². The lowest BCUT2D eigenvalue weighted by atomic mass is 9.93. The maximum Gasteiger partial charge on any atom is 0.127 e. The van der Waals surface area contributed by atoms with Gasteiger partial charge in [-0.25, -0.2) is 8.78 Å². The molecule has 148 valence electrons. The van der Waals surface area contributed by atoms with Gasteiger partial charge in [0.25, 0.3) is 0 Å². The van der Waals surface area contributed by atoms with Crippen molar-refractivity contribution < 1.29 is 13.5 Å². The van der Waals surface area contributed by atoms with E-state index in [0.29, 0.717) is 22.4 Å². The van der Waals surface area contributed by atoms with Crippen LogP contribution in [0.15, 0.2) is 84.7 Å². The van der Waals surface area contributed by atoms with Crippen LogP contribution < -0.4 is 4.74 Å². The normalized spacial score (nSPS) is 15.2. The van der Waals surface area contributed by atoms with E-state index in [2.05, 4.69) is 0 Å². The summed E-state index contributed by atoms with van der Waals surface area (Å²) in [6.07, 6.45) is 4.20. The lowest BCUT2D eigenvalue weighted by Gasteiger charge is -2.13. The van der Waals surface area contributed by atoms with E-state index in [1.54, 1.807) is 24.3 Å². The number of halogens is 3. The van der Waals surface area contributed by atoms with Crippen LogP contribution in [-0.4, -0.2) is 0 Å². The topological polar surface area (TPSA) is 9.23 Å². The zero-order valence-electron chi connectivity index (χ0n) is 15.8. The van der Waals surface area contributed by atoms with Gasteiger partial charge in [-0.15, -0.1) is 0 Å². The van der Waals surface area contributed by atoms with Crippen molar-refractivity contribution >= 4 is 11.6 Å². The molecule has 3 aromatic rings. The fourth-order valence-corrected chi connectivity index (χ4v) is 3.58. The first-order chi connectivity index (χ1) is 14.1. The molecule has 0 N–H and O–H groups in total. The average Bonchev–Trinajstić information content (AvgIpc) is 3.54. The van der Waals surface area contributed by atoms with Crippen LogP contribution in [0.3, 0.4) is 0 Å². The second kappa shape index (κ2) is 8.79. The second-order valence-electron chi connectivity index (χ2n) is 7.41. The molecule has 1 aliphatic carbocycles. The van der Waals surface area contributed by atoms with Gasteiger partial charge in [0.15, 0.2) is 0 Å². The van der Waals surface area contributed by atoms with Gasteiger partial charge in [0.1, 0.15) is 23.1 Å². The number of hydrogen-bond acceptors (Lipinski definition) is 1. The molecule has 1 nitrogen and oxygen atoms in total. The van der Waals surface area contributed by atoms with Crippen molar-refractivity contribution in [2.75, 3.05) is 0 Å². The number of ether oxygens (including phenoxy) is 1. The van der Waals surface area contributed by atoms with Gasteiger partial charge in [-0.1, -0.05) is 35.9 Å². The first-order valence-corrected chi connectivity index (χ1v) is 10.1. The molecule has 0 spiro atoms. The van der Waals surface area contributed by atoms with Crippen molar-refractivity contribution in [3.63, 3.8) is 0 Å². The highest BCUT2D eigenvalue weighted by Gasteiger charge is 2.31. The summed E-state index contributed by atoms with van der Waals surface area (Å²) in [4.78, 5) is 0. The number of benzene rings is 3. The Morgan fingerprint density at radius 3 is 2.41 bits per heavy atom. The van der Waals surface area contributed by atoms with Gasteiger partial charge < -0.3 is 4.74 Å². The van der Waals surface area contributed by atoms with Gasteiger partial charge >= 0.3 is 0 Å². The van der Waals surface area contributed by atoms with Crippen molar-refractivity contribution in [3.8, 4) is 11.5 Å². The van der Waals surface area contributed by atoms with Crippen LogP contribution in [-0.2, 0) is 6.42 Å². The molecular formula is C25H21ClF2O. The predicted octanol–water partition coefficient (Wildman–Crippen LogP) is 7.86. The molecule has 1 aliphatic rings. The molecule has 0 heterocycles. The molecule has 0 aromatic heterocycles. The smallest absolute Gasteiger partial charge is 0.127 e. The van der Waals surface area contributed by atoms with E-state index in [1.165, 1.54) is 12.1 Å². The monoisotopic (exact) mass is 410 g/mol. The van der Waals surface area contributed by atoms with E-state index in [1.807, 2.05) is 42.5 Å². The van der Waals surface area contributed by atoms with Crippen LogP contribution in [0.25, 0.3) is 0 Å². The summed E-state index contributed by atoms with van der Waals surface area (Å²) < 4.78 is 33.6. The van der Waals surface area contributed by atoms with E-state index in [4.69, 9.17) is 16.3 Å². The Morgan fingerprint density at radius 2 is 1.72 bits per heavy atom. The molecule has 4 heteroatoms. The molecule has 0 aliphatic heterocycles. The zero-order chi connectivity index (χ0) is 20.2. The van der Waals surface area contributed by atoms with Gasteiger partial charge in [0, 0.05) is 17.4 Å². The summed E-state index contributed by atoms with van der Waals surface area (Å²) in [5.74, 6) is 1.23. The van der Waals surface area contributed by atoms with Crippen molar-refractivity contribution in [2.24, 2.45) is 5.92 Å². The highest BCUT2D eigenvalue weighted by molar-refractivity contribution is 6.30. The number of hydrogen-bond donors (Lipinski definition) is 0. The van der Waals surface area contributed by atoms with Crippen LogP contribution in [0.1, 0.15) is 29.9 Å². The van der Waals surface area contributed by atoms with Crippen LogP contribution >= 0.6 is 11.6 Å². The van der Waals surface area contributed by atoms with Crippen molar-refractivity contribution in [3.05, 3.63) is 107 Å². The third kappa shape index (κ3) is 5.45. The van der Waals surface area contributed by atoms with Crippen LogP contribution in [0.5, 0.6) is 11.5 Å². The van der Waals surface area contributed by atoms with E-state index < -0.39 is 0 Å². The molecule has 0 saturated heterocycles. The average molecular weight is 411 g/mol. The highest BCUT2D eigenvalue weighted by Crippen LogP contribution is 2.44. The molecule has 1 fully saturated rings. The van der Waals surface area contributed by atoms with Gasteiger partial charge in [0.05, 0.1) is 0 Å². The Bertz CT molecular complexity index is 992. The molecule has 3 aromatic carbocycles. The lowest BCUT2D eigenvalue weighted by Crippen LogP contribution is -1.99. The SMILES string of the molecule is F/C(=C\C(c1ccc(Cl)cc1)C1CC1)Cc1cccc(Oc2ccc(F)cc2)c1. The van der Waals surface area contributed by atoms with E-state index in [-0.39, 0.29) is 24.0 Å². The van der Waals surface area contributed by atoms with Crippen molar-refractivity contribution in [1.29, 1.82) is 0 Å². The Kier molecular flexibility index (Phi) is 5.96. The summed E-state index contributed by atoms with van der Waals surface area (Å²) in [5, 5.41) is 0.686. The Labute approximate surface area is 174 Å². The van der Waals surface area contributed by atoms with Crippen LogP contribution in [0.2, 0.25) is 5.02 Å².